The maximum absolute atomic E-state index is 13.6. The van der Waals surface area contributed by atoms with Crippen LogP contribution in [0.2, 0.25) is 0 Å². The molecule has 3 N–H and O–H groups in total. The maximum Gasteiger partial charge on any atom is 0.323 e. The van der Waals surface area contributed by atoms with Crippen molar-refractivity contribution in [1.82, 2.24) is 9.80 Å². The van der Waals surface area contributed by atoms with Crippen molar-refractivity contribution >= 4 is 34.1 Å². The molecule has 4 aromatic carbocycles. The molecule has 4 aromatic rings. The fraction of sp³-hybridized carbons (Fsp3) is 0.333. The van der Waals surface area contributed by atoms with Crippen LogP contribution in [0.15, 0.2) is 78.9 Å². The van der Waals surface area contributed by atoms with E-state index < -0.39 is 6.03 Å². The average Bonchev–Trinajstić information content (AvgIpc) is 3.53. The molecule has 0 saturated heterocycles. The number of aliphatic hydroxyl groups excluding tert-OH is 1. The molecule has 0 spiro atoms. The molecule has 0 unspecified atom stereocenters. The van der Waals surface area contributed by atoms with Gasteiger partial charge >= 0.3 is 6.03 Å². The molecule has 10 nitrogen and oxygen atoms in total. The molecule has 2 aliphatic heterocycles. The fourth-order valence-corrected chi connectivity index (χ4v) is 6.07. The molecule has 0 aromatic heterocycles. The molecule has 2 aliphatic rings. The van der Waals surface area contributed by atoms with Crippen molar-refractivity contribution in [3.63, 3.8) is 0 Å². The van der Waals surface area contributed by atoms with Crippen LogP contribution in [0.25, 0.3) is 10.8 Å². The second kappa shape index (κ2) is 13.7. The van der Waals surface area contributed by atoms with E-state index in [0.29, 0.717) is 42.3 Å². The molecule has 0 radical (unpaired) electrons. The van der Waals surface area contributed by atoms with Gasteiger partial charge in [-0.05, 0) is 61.3 Å². The summed E-state index contributed by atoms with van der Waals surface area (Å²) in [4.78, 5) is 30.6. The van der Waals surface area contributed by atoms with Crippen LogP contribution in [-0.4, -0.2) is 72.5 Å². The number of likely N-dealkylation sites (N-methyl/N-ethyl adjacent to an activating group) is 1. The third-order valence-corrected chi connectivity index (χ3v) is 8.59. The summed E-state index contributed by atoms with van der Waals surface area (Å²) in [5.74, 6) is 1.95. The Morgan fingerprint density at radius 3 is 2.63 bits per heavy atom. The summed E-state index contributed by atoms with van der Waals surface area (Å²) in [6, 6.07) is 24.2. The summed E-state index contributed by atoms with van der Waals surface area (Å²) in [6.07, 6.45) is -0.183. The molecule has 3 atom stereocenters. The van der Waals surface area contributed by atoms with Gasteiger partial charge in [-0.3, -0.25) is 9.69 Å². The molecule has 6 rings (SSSR count). The van der Waals surface area contributed by atoms with Gasteiger partial charge in [0.25, 0.3) is 0 Å². The van der Waals surface area contributed by atoms with Crippen molar-refractivity contribution in [1.29, 1.82) is 0 Å². The molecule has 46 heavy (non-hydrogen) atoms. The predicted molar refractivity (Wildman–Crippen MR) is 177 cm³/mol. The Balaban J connectivity index is 1.21. The lowest BCUT2D eigenvalue weighted by Gasteiger charge is -2.34. The highest BCUT2D eigenvalue weighted by Crippen LogP contribution is 2.33. The summed E-state index contributed by atoms with van der Waals surface area (Å²) >= 11 is 0. The van der Waals surface area contributed by atoms with Crippen LogP contribution < -0.4 is 24.8 Å². The number of fused-ring (bicyclic) bond motifs is 3. The largest absolute Gasteiger partial charge is 0.488 e. The van der Waals surface area contributed by atoms with Crippen molar-refractivity contribution < 1.29 is 28.9 Å². The molecule has 240 valence electrons. The lowest BCUT2D eigenvalue weighted by Crippen LogP contribution is -2.47. The van der Waals surface area contributed by atoms with Gasteiger partial charge in [0.15, 0.2) is 11.5 Å². The number of nitrogens with one attached hydrogen (secondary N) is 2. The summed E-state index contributed by atoms with van der Waals surface area (Å²) in [7, 11) is 2.04. The number of anilines is 2. The van der Waals surface area contributed by atoms with Gasteiger partial charge in [0, 0.05) is 42.2 Å². The predicted octanol–water partition coefficient (Wildman–Crippen LogP) is 5.49. The van der Waals surface area contributed by atoms with Crippen molar-refractivity contribution in [3.05, 3.63) is 90.0 Å². The molecule has 3 amide bonds. The van der Waals surface area contributed by atoms with Crippen LogP contribution in [0, 0.1) is 5.92 Å². The Hall–Kier alpha value is -4.80. The second-order valence-electron chi connectivity index (χ2n) is 12.2. The number of aliphatic hydroxyl groups is 1. The van der Waals surface area contributed by atoms with Gasteiger partial charge in [0.2, 0.25) is 12.7 Å². The number of nitrogens with zero attached hydrogens (tertiary/aromatic N) is 2. The molecule has 0 saturated carbocycles. The number of hydrogen-bond donors (Lipinski definition) is 3. The third-order valence-electron chi connectivity index (χ3n) is 8.59. The Labute approximate surface area is 268 Å². The number of rotatable bonds is 8. The van der Waals surface area contributed by atoms with E-state index >= 15 is 0 Å². The van der Waals surface area contributed by atoms with Gasteiger partial charge < -0.3 is 34.9 Å². The molecule has 0 fully saturated rings. The Bertz CT molecular complexity index is 1720. The standard InChI is InChI=1S/C36H40N4O6/c1-23-18-40(24(2)21-41)35(42)17-27-16-28(37-36(43)38-30-10-6-8-26-7-4-5-9-29(26)30)12-14-31(27)46-34(23)20-39(3)19-25-11-13-32-33(15-25)45-22-44-32/h4-16,23-24,34,41H,17-22H2,1-3H3,(H2,37,38,43)/t23-,24+,34-/m1/s1. The zero-order chi connectivity index (χ0) is 32.2. The van der Waals surface area contributed by atoms with Crippen LogP contribution in [0.4, 0.5) is 16.2 Å². The summed E-state index contributed by atoms with van der Waals surface area (Å²) in [5, 5.41) is 17.8. The van der Waals surface area contributed by atoms with E-state index in [9.17, 15) is 14.7 Å². The Morgan fingerprint density at radius 1 is 1.00 bits per heavy atom. The van der Waals surface area contributed by atoms with Crippen LogP contribution in [0.5, 0.6) is 17.2 Å². The number of hydrogen-bond acceptors (Lipinski definition) is 7. The lowest BCUT2D eigenvalue weighted by atomic mass is 10.0. The highest BCUT2D eigenvalue weighted by molar-refractivity contribution is 6.06. The number of carbonyl (C=O) groups excluding carboxylic acids is 2. The first-order valence-corrected chi connectivity index (χ1v) is 15.6. The number of carbonyl (C=O) groups is 2. The first-order chi connectivity index (χ1) is 22.3. The summed E-state index contributed by atoms with van der Waals surface area (Å²) in [6.45, 7) is 5.71. The van der Waals surface area contributed by atoms with Crippen molar-refractivity contribution in [2.45, 2.75) is 39.0 Å². The van der Waals surface area contributed by atoms with Crippen LogP contribution in [0.1, 0.15) is 25.0 Å². The first kappa shape index (κ1) is 31.2. The second-order valence-corrected chi connectivity index (χ2v) is 12.2. The molecular formula is C36H40N4O6. The molecule has 0 bridgehead atoms. The number of benzene rings is 4. The SMILES string of the molecule is C[C@@H]1CN([C@@H](C)CO)C(=O)Cc2cc(NC(=O)Nc3cccc4ccccc34)ccc2O[C@@H]1CN(C)Cc1ccc2c(c1)OCO2. The van der Waals surface area contributed by atoms with E-state index in [1.54, 1.807) is 17.0 Å². The number of amides is 3. The lowest BCUT2D eigenvalue weighted by molar-refractivity contribution is -0.134. The number of ether oxygens (including phenoxy) is 3. The van der Waals surface area contributed by atoms with Crippen LogP contribution >= 0.6 is 0 Å². The normalized spacial score (nSPS) is 18.3. The van der Waals surface area contributed by atoms with Crippen LogP contribution in [-0.2, 0) is 17.8 Å². The van der Waals surface area contributed by atoms with E-state index in [4.69, 9.17) is 14.2 Å². The van der Waals surface area contributed by atoms with Gasteiger partial charge in [-0.2, -0.15) is 0 Å². The van der Waals surface area contributed by atoms with Crippen molar-refractivity contribution in [2.75, 3.05) is 44.2 Å². The smallest absolute Gasteiger partial charge is 0.323 e. The van der Waals surface area contributed by atoms with Gasteiger partial charge in [0.1, 0.15) is 11.9 Å². The summed E-state index contributed by atoms with van der Waals surface area (Å²) in [5.41, 5.74) is 3.00. The topological polar surface area (TPSA) is 113 Å². The zero-order valence-corrected chi connectivity index (χ0v) is 26.4. The molecule has 2 heterocycles. The molecular weight excluding hydrogens is 584 g/mol. The van der Waals surface area contributed by atoms with E-state index in [-0.39, 0.29) is 43.8 Å². The Kier molecular flexibility index (Phi) is 9.28. The maximum atomic E-state index is 13.6. The highest BCUT2D eigenvalue weighted by atomic mass is 16.7. The zero-order valence-electron chi connectivity index (χ0n) is 26.4. The van der Waals surface area contributed by atoms with Crippen molar-refractivity contribution in [2.24, 2.45) is 5.92 Å². The highest BCUT2D eigenvalue weighted by Gasteiger charge is 2.31. The minimum Gasteiger partial charge on any atom is -0.488 e. The van der Waals surface area contributed by atoms with E-state index in [2.05, 4.69) is 22.5 Å². The third kappa shape index (κ3) is 7.03. The van der Waals surface area contributed by atoms with E-state index in [1.165, 1.54) is 0 Å². The minimum atomic E-state index is -0.390. The van der Waals surface area contributed by atoms with Gasteiger partial charge in [-0.25, -0.2) is 4.79 Å². The summed E-state index contributed by atoms with van der Waals surface area (Å²) < 4.78 is 17.7. The fourth-order valence-electron chi connectivity index (χ4n) is 6.07. The number of urea groups is 1. The van der Waals surface area contributed by atoms with Crippen LogP contribution in [0.3, 0.4) is 0 Å². The average molecular weight is 625 g/mol. The van der Waals surface area contributed by atoms with Gasteiger partial charge in [0.05, 0.1) is 24.8 Å². The minimum absolute atomic E-state index is 0.0348. The van der Waals surface area contributed by atoms with E-state index in [1.807, 2.05) is 80.7 Å². The monoisotopic (exact) mass is 624 g/mol. The van der Waals surface area contributed by atoms with Gasteiger partial charge in [-0.1, -0.05) is 49.4 Å². The van der Waals surface area contributed by atoms with Gasteiger partial charge in [-0.15, -0.1) is 0 Å². The first-order valence-electron chi connectivity index (χ1n) is 15.6. The molecule has 10 heteroatoms. The Morgan fingerprint density at radius 2 is 1.78 bits per heavy atom. The van der Waals surface area contributed by atoms with Crippen molar-refractivity contribution in [3.8, 4) is 17.2 Å². The van der Waals surface area contributed by atoms with E-state index in [0.717, 1.165) is 27.8 Å². The quantitative estimate of drug-likeness (QED) is 0.238. The molecule has 0 aliphatic carbocycles.